The lowest BCUT2D eigenvalue weighted by Gasteiger charge is -2.34. The molecule has 2 rings (SSSR count). The van der Waals surface area contributed by atoms with Crippen molar-refractivity contribution >= 4 is 21.8 Å². The van der Waals surface area contributed by atoms with Crippen LogP contribution in [0.5, 0.6) is 0 Å². The Morgan fingerprint density at radius 1 is 1.26 bits per heavy atom. The average Bonchev–Trinajstić information content (AvgIpc) is 2.38. The van der Waals surface area contributed by atoms with Crippen molar-refractivity contribution in [2.24, 2.45) is 11.8 Å². The third-order valence-corrected chi connectivity index (χ3v) is 6.36. The Hall–Kier alpha value is 0.160. The zero-order valence-corrected chi connectivity index (χ0v) is 13.2. The van der Waals surface area contributed by atoms with E-state index < -0.39 is 10.2 Å². The SMILES string of the molecule is CC1CCCN(S(=O)(=O)NC2CCCC(CCl)C2)C1. The van der Waals surface area contributed by atoms with Gasteiger partial charge in [0, 0.05) is 25.0 Å². The highest BCUT2D eigenvalue weighted by Gasteiger charge is 2.31. The Bertz CT molecular complexity index is 388. The molecule has 3 atom stereocenters. The van der Waals surface area contributed by atoms with E-state index in [1.165, 1.54) is 0 Å². The molecule has 1 N–H and O–H groups in total. The average molecular weight is 309 g/mol. The lowest BCUT2D eigenvalue weighted by Crippen LogP contribution is -2.49. The highest BCUT2D eigenvalue weighted by Crippen LogP contribution is 2.26. The number of rotatable bonds is 4. The molecule has 0 bridgehead atoms. The van der Waals surface area contributed by atoms with Crippen molar-refractivity contribution in [3.63, 3.8) is 0 Å². The molecule has 2 fully saturated rings. The van der Waals surface area contributed by atoms with E-state index in [4.69, 9.17) is 11.6 Å². The van der Waals surface area contributed by atoms with E-state index in [1.807, 2.05) is 0 Å². The van der Waals surface area contributed by atoms with Crippen LogP contribution < -0.4 is 4.72 Å². The summed E-state index contributed by atoms with van der Waals surface area (Å²) in [6.45, 7) is 3.43. The van der Waals surface area contributed by atoms with Crippen LogP contribution in [-0.2, 0) is 10.2 Å². The second-order valence-corrected chi connectivity index (χ2v) is 8.12. The fourth-order valence-electron chi connectivity index (χ4n) is 3.19. The van der Waals surface area contributed by atoms with Crippen molar-refractivity contribution in [1.29, 1.82) is 0 Å². The maximum Gasteiger partial charge on any atom is 0.279 e. The summed E-state index contributed by atoms with van der Waals surface area (Å²) in [4.78, 5) is 0. The number of alkyl halides is 1. The molecule has 0 aromatic heterocycles. The minimum absolute atomic E-state index is 0.0692. The summed E-state index contributed by atoms with van der Waals surface area (Å²) < 4.78 is 29.3. The van der Waals surface area contributed by atoms with Crippen molar-refractivity contribution in [3.05, 3.63) is 0 Å². The van der Waals surface area contributed by atoms with E-state index >= 15 is 0 Å². The van der Waals surface area contributed by atoms with Crippen LogP contribution in [0.2, 0.25) is 0 Å². The van der Waals surface area contributed by atoms with Gasteiger partial charge in [-0.05, 0) is 43.9 Å². The topological polar surface area (TPSA) is 49.4 Å². The maximum absolute atomic E-state index is 12.4. The predicted molar refractivity (Wildman–Crippen MR) is 78.5 cm³/mol. The number of hydrogen-bond donors (Lipinski definition) is 1. The highest BCUT2D eigenvalue weighted by molar-refractivity contribution is 7.87. The van der Waals surface area contributed by atoms with Gasteiger partial charge in [-0.2, -0.15) is 17.4 Å². The minimum Gasteiger partial charge on any atom is -0.199 e. The molecule has 0 spiro atoms. The first-order valence-electron chi connectivity index (χ1n) is 7.34. The molecule has 0 aromatic rings. The van der Waals surface area contributed by atoms with Gasteiger partial charge in [0.1, 0.15) is 0 Å². The Kier molecular flexibility index (Phi) is 5.52. The standard InChI is InChI=1S/C13H25ClN2O2S/c1-11-4-3-7-16(10-11)19(17,18)15-13-6-2-5-12(8-13)9-14/h11-13,15H,2-10H2,1H3. The second-order valence-electron chi connectivity index (χ2n) is 6.11. The van der Waals surface area contributed by atoms with Crippen LogP contribution in [0.15, 0.2) is 0 Å². The molecule has 1 aliphatic heterocycles. The third kappa shape index (κ3) is 4.31. The number of piperidine rings is 1. The quantitative estimate of drug-likeness (QED) is 0.811. The Morgan fingerprint density at radius 2 is 2.05 bits per heavy atom. The molecule has 0 aromatic carbocycles. The molecule has 2 aliphatic rings. The van der Waals surface area contributed by atoms with Gasteiger partial charge in [-0.15, -0.1) is 11.6 Å². The van der Waals surface area contributed by atoms with Crippen LogP contribution in [0.1, 0.15) is 45.4 Å². The summed E-state index contributed by atoms with van der Waals surface area (Å²) in [5.74, 6) is 1.56. The van der Waals surface area contributed by atoms with E-state index in [9.17, 15) is 8.42 Å². The van der Waals surface area contributed by atoms with Crippen LogP contribution in [-0.4, -0.2) is 37.7 Å². The Balaban J connectivity index is 1.92. The normalized spacial score (nSPS) is 34.3. The molecule has 1 aliphatic carbocycles. The Labute approximate surface area is 122 Å². The van der Waals surface area contributed by atoms with Gasteiger partial charge in [0.2, 0.25) is 0 Å². The first-order chi connectivity index (χ1) is 9.01. The smallest absolute Gasteiger partial charge is 0.199 e. The molecule has 1 saturated carbocycles. The largest absolute Gasteiger partial charge is 0.279 e. The van der Waals surface area contributed by atoms with Gasteiger partial charge in [-0.25, -0.2) is 0 Å². The predicted octanol–water partition coefficient (Wildman–Crippen LogP) is 2.35. The van der Waals surface area contributed by atoms with Gasteiger partial charge in [0.15, 0.2) is 0 Å². The highest BCUT2D eigenvalue weighted by atomic mass is 35.5. The minimum atomic E-state index is -3.31. The number of nitrogens with one attached hydrogen (secondary N) is 1. The van der Waals surface area contributed by atoms with Gasteiger partial charge >= 0.3 is 0 Å². The summed E-state index contributed by atoms with van der Waals surface area (Å²) in [6, 6.07) is 0.0692. The van der Waals surface area contributed by atoms with E-state index in [-0.39, 0.29) is 6.04 Å². The van der Waals surface area contributed by atoms with Crippen molar-refractivity contribution in [2.75, 3.05) is 19.0 Å². The van der Waals surface area contributed by atoms with Gasteiger partial charge in [0.25, 0.3) is 10.2 Å². The van der Waals surface area contributed by atoms with Crippen molar-refractivity contribution in [3.8, 4) is 0 Å². The molecule has 1 heterocycles. The fraction of sp³-hybridized carbons (Fsp3) is 1.00. The molecule has 112 valence electrons. The maximum atomic E-state index is 12.4. The molecule has 0 radical (unpaired) electrons. The molecule has 1 saturated heterocycles. The first-order valence-corrected chi connectivity index (χ1v) is 9.32. The summed E-state index contributed by atoms with van der Waals surface area (Å²) in [6.07, 6.45) is 6.12. The monoisotopic (exact) mass is 308 g/mol. The zero-order valence-electron chi connectivity index (χ0n) is 11.6. The van der Waals surface area contributed by atoms with Crippen LogP contribution in [0.3, 0.4) is 0 Å². The summed E-state index contributed by atoms with van der Waals surface area (Å²) >= 11 is 5.90. The summed E-state index contributed by atoms with van der Waals surface area (Å²) in [7, 11) is -3.31. The fourth-order valence-corrected chi connectivity index (χ4v) is 5.07. The van der Waals surface area contributed by atoms with Crippen LogP contribution in [0.25, 0.3) is 0 Å². The molecule has 0 amide bonds. The summed E-state index contributed by atoms with van der Waals surface area (Å²) in [5.41, 5.74) is 0. The van der Waals surface area contributed by atoms with Gasteiger partial charge in [-0.3, -0.25) is 0 Å². The molecule has 4 nitrogen and oxygen atoms in total. The molecule has 3 unspecified atom stereocenters. The van der Waals surface area contributed by atoms with Crippen LogP contribution in [0.4, 0.5) is 0 Å². The molecular formula is C13H25ClN2O2S. The van der Waals surface area contributed by atoms with Gasteiger partial charge in [-0.1, -0.05) is 13.3 Å². The number of nitrogens with zero attached hydrogens (tertiary/aromatic N) is 1. The van der Waals surface area contributed by atoms with Crippen LogP contribution in [0, 0.1) is 11.8 Å². The first kappa shape index (κ1) is 15.5. The van der Waals surface area contributed by atoms with Crippen molar-refractivity contribution in [2.45, 2.75) is 51.5 Å². The molecular weight excluding hydrogens is 284 g/mol. The molecule has 19 heavy (non-hydrogen) atoms. The number of hydrogen-bond acceptors (Lipinski definition) is 2. The number of halogens is 1. The van der Waals surface area contributed by atoms with E-state index in [0.29, 0.717) is 30.8 Å². The molecule has 6 heteroatoms. The lowest BCUT2D eigenvalue weighted by atomic mass is 9.87. The third-order valence-electron chi connectivity index (χ3n) is 4.28. The van der Waals surface area contributed by atoms with Gasteiger partial charge in [0.05, 0.1) is 0 Å². The lowest BCUT2D eigenvalue weighted by molar-refractivity contribution is 0.269. The zero-order chi connectivity index (χ0) is 13.9. The summed E-state index contributed by atoms with van der Waals surface area (Å²) in [5, 5.41) is 0. The van der Waals surface area contributed by atoms with Crippen molar-refractivity contribution in [1.82, 2.24) is 9.03 Å². The van der Waals surface area contributed by atoms with E-state index in [2.05, 4.69) is 11.6 Å². The van der Waals surface area contributed by atoms with Crippen LogP contribution >= 0.6 is 11.6 Å². The second kappa shape index (κ2) is 6.74. The van der Waals surface area contributed by atoms with E-state index in [1.54, 1.807) is 4.31 Å². The van der Waals surface area contributed by atoms with E-state index in [0.717, 1.165) is 38.5 Å². The van der Waals surface area contributed by atoms with Crippen molar-refractivity contribution < 1.29 is 8.42 Å². The Morgan fingerprint density at radius 3 is 2.74 bits per heavy atom. The van der Waals surface area contributed by atoms with Gasteiger partial charge < -0.3 is 0 Å².